The second-order valence-corrected chi connectivity index (χ2v) is 4.98. The first-order valence-corrected chi connectivity index (χ1v) is 6.65. The molecular formula is C15H21NO2. The first-order chi connectivity index (χ1) is 8.70. The topological polar surface area (TPSA) is 52.3 Å². The van der Waals surface area contributed by atoms with E-state index in [2.05, 4.69) is 22.9 Å². The van der Waals surface area contributed by atoms with E-state index in [1.165, 1.54) is 43.1 Å². The van der Waals surface area contributed by atoms with Crippen molar-refractivity contribution in [1.29, 1.82) is 0 Å². The van der Waals surface area contributed by atoms with Gasteiger partial charge in [-0.05, 0) is 55.2 Å². The van der Waals surface area contributed by atoms with Crippen molar-refractivity contribution in [1.82, 2.24) is 0 Å². The highest BCUT2D eigenvalue weighted by molar-refractivity contribution is 5.75. The summed E-state index contributed by atoms with van der Waals surface area (Å²) in [6.07, 6.45) is 6.32. The third-order valence-corrected chi connectivity index (χ3v) is 3.65. The van der Waals surface area contributed by atoms with Gasteiger partial charge in [-0.1, -0.05) is 18.2 Å². The van der Waals surface area contributed by atoms with E-state index >= 15 is 0 Å². The van der Waals surface area contributed by atoms with Crippen LogP contribution >= 0.6 is 0 Å². The fourth-order valence-corrected chi connectivity index (χ4v) is 2.58. The van der Waals surface area contributed by atoms with Crippen LogP contribution in [0.4, 0.5) is 0 Å². The summed E-state index contributed by atoms with van der Waals surface area (Å²) >= 11 is 0. The average molecular weight is 247 g/mol. The Bertz CT molecular complexity index is 429. The molecule has 3 nitrogen and oxygen atoms in total. The highest BCUT2D eigenvalue weighted by atomic mass is 16.5. The molecule has 0 spiro atoms. The first kappa shape index (κ1) is 13.1. The molecule has 0 heterocycles. The van der Waals surface area contributed by atoms with E-state index in [9.17, 15) is 4.79 Å². The Hall–Kier alpha value is -1.35. The molecule has 0 amide bonds. The SMILES string of the molecule is COC(=O)C(N)CCCc1ccc2c(c1)CCC2. The number of carbonyl (C=O) groups excluding carboxylic acids is 1. The third kappa shape index (κ3) is 3.10. The van der Waals surface area contributed by atoms with Crippen LogP contribution in [0.3, 0.4) is 0 Å². The van der Waals surface area contributed by atoms with Crippen molar-refractivity contribution in [2.75, 3.05) is 7.11 Å². The molecule has 0 radical (unpaired) electrons. The molecule has 0 aromatic heterocycles. The molecule has 0 saturated heterocycles. The van der Waals surface area contributed by atoms with E-state index in [-0.39, 0.29) is 5.97 Å². The number of hydrogen-bond donors (Lipinski definition) is 1. The first-order valence-electron chi connectivity index (χ1n) is 6.65. The third-order valence-electron chi connectivity index (χ3n) is 3.65. The normalized spacial score (nSPS) is 15.2. The molecule has 1 atom stereocenters. The van der Waals surface area contributed by atoms with Crippen molar-refractivity contribution >= 4 is 5.97 Å². The molecule has 0 aliphatic heterocycles. The molecule has 0 bridgehead atoms. The van der Waals surface area contributed by atoms with Gasteiger partial charge in [0.25, 0.3) is 0 Å². The van der Waals surface area contributed by atoms with Crippen molar-refractivity contribution in [2.24, 2.45) is 5.73 Å². The largest absolute Gasteiger partial charge is 0.468 e. The summed E-state index contributed by atoms with van der Waals surface area (Å²) in [4.78, 5) is 11.2. The monoisotopic (exact) mass is 247 g/mol. The van der Waals surface area contributed by atoms with Crippen LogP contribution < -0.4 is 5.73 Å². The summed E-state index contributed by atoms with van der Waals surface area (Å²) < 4.78 is 4.61. The zero-order valence-electron chi connectivity index (χ0n) is 10.9. The van der Waals surface area contributed by atoms with Crippen molar-refractivity contribution in [2.45, 2.75) is 44.6 Å². The van der Waals surface area contributed by atoms with Gasteiger partial charge in [0.05, 0.1) is 7.11 Å². The van der Waals surface area contributed by atoms with Crippen molar-refractivity contribution in [3.8, 4) is 0 Å². The van der Waals surface area contributed by atoms with Gasteiger partial charge < -0.3 is 10.5 Å². The van der Waals surface area contributed by atoms with E-state index in [0.29, 0.717) is 6.42 Å². The minimum Gasteiger partial charge on any atom is -0.468 e. The van der Waals surface area contributed by atoms with Gasteiger partial charge in [-0.25, -0.2) is 0 Å². The van der Waals surface area contributed by atoms with Crippen LogP contribution in [0.15, 0.2) is 18.2 Å². The van der Waals surface area contributed by atoms with Gasteiger partial charge in [-0.2, -0.15) is 0 Å². The zero-order valence-corrected chi connectivity index (χ0v) is 10.9. The maximum atomic E-state index is 11.2. The van der Waals surface area contributed by atoms with Crippen LogP contribution in [0, 0.1) is 0 Å². The maximum Gasteiger partial charge on any atom is 0.322 e. The van der Waals surface area contributed by atoms with E-state index in [4.69, 9.17) is 5.73 Å². The lowest BCUT2D eigenvalue weighted by Gasteiger charge is -2.09. The number of benzene rings is 1. The van der Waals surface area contributed by atoms with Crippen molar-refractivity contribution in [3.05, 3.63) is 34.9 Å². The number of nitrogens with two attached hydrogens (primary N) is 1. The number of rotatable bonds is 5. The van der Waals surface area contributed by atoms with Gasteiger partial charge in [0.1, 0.15) is 6.04 Å². The molecule has 0 fully saturated rings. The van der Waals surface area contributed by atoms with Gasteiger partial charge in [0.15, 0.2) is 0 Å². The predicted octanol–water partition coefficient (Wildman–Crippen LogP) is 2.00. The Labute approximate surface area is 108 Å². The predicted molar refractivity (Wildman–Crippen MR) is 71.4 cm³/mol. The van der Waals surface area contributed by atoms with Crippen molar-refractivity contribution < 1.29 is 9.53 Å². The van der Waals surface area contributed by atoms with Crippen LogP contribution in [0.25, 0.3) is 0 Å². The van der Waals surface area contributed by atoms with E-state index in [0.717, 1.165) is 12.8 Å². The van der Waals surface area contributed by atoms with Gasteiger partial charge in [-0.15, -0.1) is 0 Å². The van der Waals surface area contributed by atoms with Crippen LogP contribution in [0.1, 0.15) is 36.0 Å². The summed E-state index contributed by atoms with van der Waals surface area (Å²) in [6.45, 7) is 0. The Morgan fingerprint density at radius 3 is 2.94 bits per heavy atom. The lowest BCUT2D eigenvalue weighted by Crippen LogP contribution is -2.31. The quantitative estimate of drug-likeness (QED) is 0.810. The Balaban J connectivity index is 1.82. The molecule has 98 valence electrons. The molecule has 1 aromatic carbocycles. The minimum atomic E-state index is -0.482. The number of ether oxygens (including phenoxy) is 1. The summed E-state index contributed by atoms with van der Waals surface area (Å²) in [5, 5.41) is 0. The number of hydrogen-bond acceptors (Lipinski definition) is 3. The van der Waals surface area contributed by atoms with Crippen LogP contribution in [0.5, 0.6) is 0 Å². The second-order valence-electron chi connectivity index (χ2n) is 4.98. The number of esters is 1. The molecule has 1 unspecified atom stereocenters. The highest BCUT2D eigenvalue weighted by Gasteiger charge is 2.14. The number of methoxy groups -OCH3 is 1. The fraction of sp³-hybridized carbons (Fsp3) is 0.533. The Morgan fingerprint density at radius 1 is 1.39 bits per heavy atom. The average Bonchev–Trinajstić information content (AvgIpc) is 2.85. The highest BCUT2D eigenvalue weighted by Crippen LogP contribution is 2.23. The Morgan fingerprint density at radius 2 is 2.17 bits per heavy atom. The van der Waals surface area contributed by atoms with E-state index in [1.54, 1.807) is 0 Å². The summed E-state index contributed by atoms with van der Waals surface area (Å²) in [5.74, 6) is -0.316. The smallest absolute Gasteiger partial charge is 0.322 e. The van der Waals surface area contributed by atoms with Gasteiger partial charge in [0.2, 0.25) is 0 Å². The summed E-state index contributed by atoms with van der Waals surface area (Å²) in [5.41, 5.74) is 10.1. The Kier molecular flexibility index (Phi) is 4.37. The molecule has 18 heavy (non-hydrogen) atoms. The zero-order chi connectivity index (χ0) is 13.0. The second kappa shape index (κ2) is 6.01. The van der Waals surface area contributed by atoms with Crippen LogP contribution in [-0.4, -0.2) is 19.1 Å². The number of aryl methyl sites for hydroxylation is 3. The lowest BCUT2D eigenvalue weighted by molar-refractivity contribution is -0.142. The van der Waals surface area contributed by atoms with Crippen molar-refractivity contribution in [3.63, 3.8) is 0 Å². The number of carbonyl (C=O) groups is 1. The van der Waals surface area contributed by atoms with Gasteiger partial charge in [0, 0.05) is 0 Å². The molecule has 2 rings (SSSR count). The fourth-order valence-electron chi connectivity index (χ4n) is 2.58. The van der Waals surface area contributed by atoms with E-state index < -0.39 is 6.04 Å². The minimum absolute atomic E-state index is 0.316. The summed E-state index contributed by atoms with van der Waals surface area (Å²) in [6, 6.07) is 6.28. The molecule has 1 aromatic rings. The lowest BCUT2D eigenvalue weighted by atomic mass is 10.0. The molecule has 0 saturated carbocycles. The van der Waals surface area contributed by atoms with E-state index in [1.807, 2.05) is 0 Å². The van der Waals surface area contributed by atoms with Gasteiger partial charge >= 0.3 is 5.97 Å². The van der Waals surface area contributed by atoms with Gasteiger partial charge in [-0.3, -0.25) is 4.79 Å². The van der Waals surface area contributed by atoms with Crippen LogP contribution in [0.2, 0.25) is 0 Å². The molecular weight excluding hydrogens is 226 g/mol. The number of fused-ring (bicyclic) bond motifs is 1. The standard InChI is InChI=1S/C15H21NO2/c1-18-15(17)14(16)7-2-4-11-8-9-12-5-3-6-13(12)10-11/h8-10,14H,2-7,16H2,1H3. The molecule has 2 N–H and O–H groups in total. The van der Waals surface area contributed by atoms with Crippen LogP contribution in [-0.2, 0) is 28.8 Å². The maximum absolute atomic E-state index is 11.2. The molecule has 1 aliphatic rings. The molecule has 1 aliphatic carbocycles. The summed E-state index contributed by atoms with van der Waals surface area (Å²) in [7, 11) is 1.38. The molecule has 3 heteroatoms.